The summed E-state index contributed by atoms with van der Waals surface area (Å²) in [7, 11) is 8.16. The van der Waals surface area contributed by atoms with Crippen LogP contribution in [0.4, 0.5) is 74.0 Å². The third-order valence-electron chi connectivity index (χ3n) is 20.5. The zero-order chi connectivity index (χ0) is 85.4. The summed E-state index contributed by atoms with van der Waals surface area (Å²) in [4.78, 5) is 96.9. The number of rotatable bonds is 21. The number of amides is 4. The van der Waals surface area contributed by atoms with Crippen LogP contribution in [0.15, 0.2) is 122 Å². The molecule has 3 aliphatic heterocycles. The van der Waals surface area contributed by atoms with E-state index in [-0.39, 0.29) is 102 Å². The van der Waals surface area contributed by atoms with Crippen molar-refractivity contribution < 1.29 is 72.9 Å². The molecule has 6 aromatic heterocycles. The van der Waals surface area contributed by atoms with Crippen LogP contribution in [0.1, 0.15) is 82.1 Å². The van der Waals surface area contributed by atoms with Gasteiger partial charge < -0.3 is 80.7 Å². The van der Waals surface area contributed by atoms with Crippen LogP contribution in [-0.2, 0) is 19.3 Å². The molecule has 0 unspecified atom stereocenters. The summed E-state index contributed by atoms with van der Waals surface area (Å²) in [5, 5.41) is 16.3. The van der Waals surface area contributed by atoms with Crippen LogP contribution < -0.4 is 46.1 Å². The summed E-state index contributed by atoms with van der Waals surface area (Å²) >= 11 is 0. The number of nitrogens with one attached hydrogen (secondary N) is 9. The topological polar surface area (TPSA) is 312 Å². The standard InChI is InChI=1S/C28H28F5N7O2.C28H31F2N7O2.C27H27F2N7O3/c1-15-10-18-23(30)21(12-20(29)24(18)37-15)42-27-22(26(41)34-2)25(35-14-36-27)38-17-5-4-16(19(11-17)28(31,32)33)13-40-8-6-39(3)7-9-40;1-4-36-9-11-37(12-10-36)15-18-5-7-19(8-6-18)35-26-23(27(38)31-3)28(33-16-32-26)39-22-14-21(29)25-20(24(22)30)13-17(2)34-25;1-15-12-18-22(29)20(13-19(28)23(18)33-15)39-26-21(25(37)30-2)24(31-14-32-26)34-17-6-4-16(5-7-17)27(38)36-10-8-35(3)9-11-36/h4-5,10-12,14,37H,6-9,13H2,1-3H3,(H,34,41)(H,35,36,38);5-8,13-14,16,34H,4,9-12,15H2,1-3H3,(H,31,38)(H,32,33,35);4-7,12-14,33H,8-11H2,1-3H3,(H,30,37)(H,31,32,34). The third kappa shape index (κ3) is 19.4. The maximum Gasteiger partial charge on any atom is 0.416 e. The molecule has 9 heterocycles. The van der Waals surface area contributed by atoms with E-state index < -0.39 is 87.5 Å². The van der Waals surface area contributed by atoms with Gasteiger partial charge in [0.2, 0.25) is 17.6 Å². The largest absolute Gasteiger partial charge is 0.435 e. The van der Waals surface area contributed by atoms with Crippen molar-refractivity contribution in [1.82, 2.24) is 90.2 Å². The van der Waals surface area contributed by atoms with Gasteiger partial charge in [-0.2, -0.15) is 13.2 Å². The highest BCUT2D eigenvalue weighted by molar-refractivity contribution is 6.03. The first-order valence-corrected chi connectivity index (χ1v) is 38.3. The van der Waals surface area contributed by atoms with E-state index in [1.54, 1.807) is 45.0 Å². The number of H-pyrrole nitrogens is 3. The molecule has 4 amide bonds. The Hall–Kier alpha value is -13.0. The second-order valence-corrected chi connectivity index (χ2v) is 28.9. The lowest BCUT2D eigenvalue weighted by Gasteiger charge is -2.34. The van der Waals surface area contributed by atoms with E-state index in [0.717, 1.165) is 102 Å². The minimum atomic E-state index is -4.64. The van der Waals surface area contributed by atoms with Crippen molar-refractivity contribution in [3.05, 3.63) is 213 Å². The molecule has 0 radical (unpaired) electrons. The van der Waals surface area contributed by atoms with Gasteiger partial charge in [-0.3, -0.25) is 29.0 Å². The number of nitrogens with zero attached hydrogens (tertiary/aromatic N) is 12. The van der Waals surface area contributed by atoms with Crippen LogP contribution in [-0.4, -0.2) is 218 Å². The fraction of sp³-hybridized carbons (Fsp3) is 0.301. The molecule has 0 bridgehead atoms. The molecule has 37 heteroatoms. The maximum atomic E-state index is 15.2. The predicted molar refractivity (Wildman–Crippen MR) is 433 cm³/mol. The SMILES string of the molecule is CCN1CCN(Cc2ccc(Nc3ncnc(Oc4cc(F)c5[nH]c(C)cc5c4F)c3C(=O)NC)cc2)CC1.CNC(=O)c1c(Nc2ccc(C(=O)N3CCN(C)CC3)cc2)ncnc1Oc1cc(F)c2[nH]c(C)cc2c1F.CNC(=O)c1c(Nc2ccc(CN3CCN(C)CC3)c(C(F)(F)F)c2)ncnc1Oc1cc(F)c2[nH]c(C)cc2c1F. The molecule has 120 heavy (non-hydrogen) atoms. The van der Waals surface area contributed by atoms with Gasteiger partial charge >= 0.3 is 6.18 Å². The molecule has 0 aliphatic carbocycles. The quantitative estimate of drug-likeness (QED) is 0.0302. The first-order valence-electron chi connectivity index (χ1n) is 38.3. The second-order valence-electron chi connectivity index (χ2n) is 28.9. The van der Waals surface area contributed by atoms with Gasteiger partial charge in [0.05, 0.1) is 22.1 Å². The molecular formula is C83H86F9N21O7. The number of aryl methyl sites for hydroxylation is 3. The summed E-state index contributed by atoms with van der Waals surface area (Å²) in [5.41, 5.74) is 3.49. The number of carbonyl (C=O) groups excluding carboxylic acids is 4. The number of ether oxygens (including phenoxy) is 3. The monoisotopic (exact) mass is 1660 g/mol. The van der Waals surface area contributed by atoms with Crippen molar-refractivity contribution in [2.75, 3.05) is 136 Å². The highest BCUT2D eigenvalue weighted by Gasteiger charge is 2.36. The molecule has 12 aromatic rings. The van der Waals surface area contributed by atoms with Crippen molar-refractivity contribution in [2.24, 2.45) is 0 Å². The molecule has 6 aromatic carbocycles. The molecule has 0 spiro atoms. The molecule has 3 fully saturated rings. The Kier molecular flexibility index (Phi) is 26.1. The molecule has 3 aliphatic rings. The molecule has 9 N–H and O–H groups in total. The fourth-order valence-electron chi connectivity index (χ4n) is 14.0. The number of hydrogen-bond acceptors (Lipinski definition) is 21. The average Bonchev–Trinajstić information content (AvgIpc) is 1.76. The van der Waals surface area contributed by atoms with Gasteiger partial charge in [0, 0.05) is 187 Å². The summed E-state index contributed by atoms with van der Waals surface area (Å²) in [6.45, 7) is 19.3. The lowest BCUT2D eigenvalue weighted by atomic mass is 10.0. The number of anilines is 6. The number of piperazine rings is 3. The van der Waals surface area contributed by atoms with Gasteiger partial charge in [0.1, 0.15) is 35.7 Å². The normalized spacial score (nSPS) is 14.4. The highest BCUT2D eigenvalue weighted by atomic mass is 19.4. The van der Waals surface area contributed by atoms with Gasteiger partial charge in [-0.05, 0) is 119 Å². The van der Waals surface area contributed by atoms with E-state index in [1.807, 2.05) is 48.2 Å². The predicted octanol–water partition coefficient (Wildman–Crippen LogP) is 13.6. The Morgan fingerprint density at radius 2 is 0.783 bits per heavy atom. The summed E-state index contributed by atoms with van der Waals surface area (Å²) in [5.74, 6) is -8.83. The number of likely N-dealkylation sites (N-methyl/N-ethyl adjacent to an activating group) is 3. The molecule has 0 saturated carbocycles. The third-order valence-corrected chi connectivity index (χ3v) is 20.5. The van der Waals surface area contributed by atoms with Crippen molar-refractivity contribution in [3.63, 3.8) is 0 Å². The molecule has 15 rings (SSSR count). The Morgan fingerprint density at radius 1 is 0.433 bits per heavy atom. The van der Waals surface area contributed by atoms with Crippen LogP contribution in [0.5, 0.6) is 34.9 Å². The summed E-state index contributed by atoms with van der Waals surface area (Å²) in [6.07, 6.45) is -1.31. The van der Waals surface area contributed by atoms with E-state index in [0.29, 0.717) is 60.2 Å². The minimum Gasteiger partial charge on any atom is -0.435 e. The maximum absolute atomic E-state index is 15.2. The van der Waals surface area contributed by atoms with Crippen LogP contribution in [0.2, 0.25) is 0 Å². The number of fused-ring (bicyclic) bond motifs is 3. The number of halogens is 9. The first-order chi connectivity index (χ1) is 57.5. The Morgan fingerprint density at radius 3 is 1.17 bits per heavy atom. The van der Waals surface area contributed by atoms with Gasteiger partial charge in [0.25, 0.3) is 23.6 Å². The van der Waals surface area contributed by atoms with E-state index in [4.69, 9.17) is 14.2 Å². The molecule has 3 saturated heterocycles. The van der Waals surface area contributed by atoms with Crippen molar-refractivity contribution in [1.29, 1.82) is 0 Å². The van der Waals surface area contributed by atoms with Crippen LogP contribution in [0.25, 0.3) is 32.7 Å². The molecular weight excluding hydrogens is 1570 g/mol. The Bertz CT molecular complexity index is 5770. The molecule has 628 valence electrons. The zero-order valence-electron chi connectivity index (χ0n) is 66.8. The highest BCUT2D eigenvalue weighted by Crippen LogP contribution is 2.41. The number of hydrogen-bond donors (Lipinski definition) is 9. The van der Waals surface area contributed by atoms with E-state index >= 15 is 13.2 Å². The van der Waals surface area contributed by atoms with Crippen molar-refractivity contribution in [2.45, 2.75) is 47.0 Å². The number of aromatic nitrogens is 9. The van der Waals surface area contributed by atoms with Gasteiger partial charge in [-0.25, -0.2) is 56.2 Å². The Labute approximate surface area is 682 Å². The minimum absolute atomic E-state index is 0.000646. The number of carbonyl (C=O) groups is 4. The molecule has 28 nitrogen and oxygen atoms in total. The summed E-state index contributed by atoms with van der Waals surface area (Å²) < 4.78 is 149. The first kappa shape index (κ1) is 84.9. The van der Waals surface area contributed by atoms with Crippen LogP contribution in [0.3, 0.4) is 0 Å². The van der Waals surface area contributed by atoms with Crippen LogP contribution >= 0.6 is 0 Å². The van der Waals surface area contributed by atoms with Crippen LogP contribution in [0, 0.1) is 55.7 Å². The smallest absolute Gasteiger partial charge is 0.416 e. The fourth-order valence-corrected chi connectivity index (χ4v) is 14.0. The van der Waals surface area contributed by atoms with E-state index in [2.05, 4.69) is 103 Å². The number of alkyl halides is 3. The van der Waals surface area contributed by atoms with Gasteiger partial charge in [-0.1, -0.05) is 25.1 Å². The average molecular weight is 1660 g/mol. The lowest BCUT2D eigenvalue weighted by molar-refractivity contribution is -0.138. The second kappa shape index (κ2) is 36.9. The molecule has 0 atom stereocenters. The number of benzene rings is 6. The lowest BCUT2D eigenvalue weighted by Crippen LogP contribution is -2.47. The van der Waals surface area contributed by atoms with Gasteiger partial charge in [0.15, 0.2) is 69.6 Å². The Balaban J connectivity index is 0.000000156. The number of aromatic amines is 3. The van der Waals surface area contributed by atoms with Crippen molar-refractivity contribution >= 4 is 90.9 Å². The summed E-state index contributed by atoms with van der Waals surface area (Å²) in [6, 6.07) is 25.4. The van der Waals surface area contributed by atoms with E-state index in [9.17, 15) is 45.5 Å². The van der Waals surface area contributed by atoms with E-state index in [1.165, 1.54) is 63.4 Å². The zero-order valence-corrected chi connectivity index (χ0v) is 66.8. The van der Waals surface area contributed by atoms with Crippen molar-refractivity contribution in [3.8, 4) is 34.9 Å². The van der Waals surface area contributed by atoms with Gasteiger partial charge in [-0.15, -0.1) is 0 Å².